The Kier molecular flexibility index (Phi) is 4.34. The van der Waals surface area contributed by atoms with E-state index in [2.05, 4.69) is 0 Å². The molecule has 17 heavy (non-hydrogen) atoms. The van der Waals surface area contributed by atoms with E-state index in [4.69, 9.17) is 10.8 Å². The van der Waals surface area contributed by atoms with Crippen molar-refractivity contribution >= 4 is 5.97 Å². The standard InChI is InChI=1S/C12H17NO4/c1-2-3-8-4-7(5-9(13)12(16)17)6-10(14)11(8)15/h4,6,9,14-15H,2-3,5,13H2,1H3,(H,16,17)/t9-/m0/s1. The first-order chi connectivity index (χ1) is 7.95. The summed E-state index contributed by atoms with van der Waals surface area (Å²) in [6.45, 7) is 1.95. The van der Waals surface area contributed by atoms with Crippen LogP contribution in [-0.4, -0.2) is 27.3 Å². The molecule has 0 saturated carbocycles. The van der Waals surface area contributed by atoms with Gasteiger partial charge < -0.3 is 21.1 Å². The number of nitrogens with two attached hydrogens (primary N) is 1. The van der Waals surface area contributed by atoms with E-state index >= 15 is 0 Å². The number of aryl methyl sites for hydroxylation is 1. The van der Waals surface area contributed by atoms with E-state index in [1.165, 1.54) is 6.07 Å². The maximum absolute atomic E-state index is 10.6. The first-order valence-electron chi connectivity index (χ1n) is 5.47. The molecule has 0 bridgehead atoms. The summed E-state index contributed by atoms with van der Waals surface area (Å²) in [6, 6.07) is 2.02. The molecular weight excluding hydrogens is 222 g/mol. The Labute approximate surface area is 99.5 Å². The summed E-state index contributed by atoms with van der Waals surface area (Å²) < 4.78 is 0. The Bertz CT molecular complexity index is 417. The lowest BCUT2D eigenvalue weighted by atomic mass is 10.00. The third kappa shape index (κ3) is 3.35. The molecular formula is C12H17NO4. The smallest absolute Gasteiger partial charge is 0.320 e. The van der Waals surface area contributed by atoms with Gasteiger partial charge in [0.05, 0.1) is 0 Å². The Morgan fingerprint density at radius 3 is 2.59 bits per heavy atom. The Morgan fingerprint density at radius 1 is 1.41 bits per heavy atom. The van der Waals surface area contributed by atoms with Gasteiger partial charge in [0.15, 0.2) is 11.5 Å². The molecule has 1 rings (SSSR count). The van der Waals surface area contributed by atoms with Gasteiger partial charge in [-0.25, -0.2) is 0 Å². The van der Waals surface area contributed by atoms with Gasteiger partial charge in [-0.3, -0.25) is 4.79 Å². The molecule has 0 spiro atoms. The number of carboxylic acid groups (broad SMARTS) is 1. The molecule has 0 aromatic heterocycles. The fraction of sp³-hybridized carbons (Fsp3) is 0.417. The van der Waals surface area contributed by atoms with E-state index in [1.54, 1.807) is 6.07 Å². The molecule has 0 heterocycles. The zero-order valence-corrected chi connectivity index (χ0v) is 9.68. The van der Waals surface area contributed by atoms with Crippen LogP contribution >= 0.6 is 0 Å². The molecule has 0 aliphatic rings. The first kappa shape index (κ1) is 13.3. The summed E-state index contributed by atoms with van der Waals surface area (Å²) in [5, 5.41) is 27.8. The number of rotatable bonds is 5. The quantitative estimate of drug-likeness (QED) is 0.574. The van der Waals surface area contributed by atoms with Crippen LogP contribution in [0.1, 0.15) is 24.5 Å². The normalized spacial score (nSPS) is 12.4. The predicted octanol–water partition coefficient (Wildman–Crippen LogP) is 1.00. The van der Waals surface area contributed by atoms with Crippen LogP contribution in [0.15, 0.2) is 12.1 Å². The van der Waals surface area contributed by atoms with Gasteiger partial charge in [0.25, 0.3) is 0 Å². The predicted molar refractivity (Wildman–Crippen MR) is 63.1 cm³/mol. The minimum Gasteiger partial charge on any atom is -0.504 e. The van der Waals surface area contributed by atoms with Gasteiger partial charge in [0.1, 0.15) is 6.04 Å². The lowest BCUT2D eigenvalue weighted by molar-refractivity contribution is -0.138. The Morgan fingerprint density at radius 2 is 2.06 bits per heavy atom. The minimum atomic E-state index is -1.09. The Hall–Kier alpha value is -1.75. The van der Waals surface area contributed by atoms with Crippen molar-refractivity contribution in [2.75, 3.05) is 0 Å². The fourth-order valence-electron chi connectivity index (χ4n) is 1.66. The number of carboxylic acids is 1. The van der Waals surface area contributed by atoms with Gasteiger partial charge >= 0.3 is 5.97 Å². The van der Waals surface area contributed by atoms with Crippen LogP contribution in [0.2, 0.25) is 0 Å². The second-order valence-electron chi connectivity index (χ2n) is 4.02. The van der Waals surface area contributed by atoms with Crippen LogP contribution in [0.5, 0.6) is 11.5 Å². The Balaban J connectivity index is 2.97. The largest absolute Gasteiger partial charge is 0.504 e. The monoisotopic (exact) mass is 239 g/mol. The highest BCUT2D eigenvalue weighted by Crippen LogP contribution is 2.31. The van der Waals surface area contributed by atoms with E-state index in [9.17, 15) is 15.0 Å². The number of aliphatic carboxylic acids is 1. The van der Waals surface area contributed by atoms with E-state index in [0.717, 1.165) is 6.42 Å². The molecule has 1 aromatic carbocycles. The van der Waals surface area contributed by atoms with Crippen LogP contribution < -0.4 is 5.73 Å². The highest BCUT2D eigenvalue weighted by molar-refractivity contribution is 5.73. The molecule has 5 nitrogen and oxygen atoms in total. The van der Waals surface area contributed by atoms with Crippen molar-refractivity contribution in [2.45, 2.75) is 32.2 Å². The van der Waals surface area contributed by atoms with Gasteiger partial charge in [0.2, 0.25) is 0 Å². The second-order valence-corrected chi connectivity index (χ2v) is 4.02. The minimum absolute atomic E-state index is 0.125. The molecule has 5 heteroatoms. The highest BCUT2D eigenvalue weighted by Gasteiger charge is 2.15. The number of carbonyl (C=O) groups is 1. The molecule has 0 amide bonds. The summed E-state index contributed by atoms with van der Waals surface area (Å²) in [4.78, 5) is 10.6. The van der Waals surface area contributed by atoms with Crippen LogP contribution in [0, 0.1) is 0 Å². The van der Waals surface area contributed by atoms with Crippen molar-refractivity contribution in [2.24, 2.45) is 5.73 Å². The lowest BCUT2D eigenvalue weighted by Crippen LogP contribution is -2.32. The molecule has 0 saturated heterocycles. The zero-order valence-electron chi connectivity index (χ0n) is 9.68. The molecule has 1 atom stereocenters. The average molecular weight is 239 g/mol. The molecule has 0 aliphatic heterocycles. The van der Waals surface area contributed by atoms with Crippen molar-refractivity contribution in [3.05, 3.63) is 23.3 Å². The van der Waals surface area contributed by atoms with E-state index in [-0.39, 0.29) is 17.9 Å². The molecule has 0 fully saturated rings. The zero-order chi connectivity index (χ0) is 13.0. The maximum atomic E-state index is 10.6. The van der Waals surface area contributed by atoms with Crippen molar-refractivity contribution < 1.29 is 20.1 Å². The van der Waals surface area contributed by atoms with Crippen LogP contribution in [0.4, 0.5) is 0 Å². The third-order valence-corrected chi connectivity index (χ3v) is 2.52. The van der Waals surface area contributed by atoms with Gasteiger partial charge in [-0.15, -0.1) is 0 Å². The number of aromatic hydroxyl groups is 2. The number of hydrogen-bond acceptors (Lipinski definition) is 4. The summed E-state index contributed by atoms with van der Waals surface area (Å²) >= 11 is 0. The first-order valence-corrected chi connectivity index (χ1v) is 5.47. The number of benzene rings is 1. The van der Waals surface area contributed by atoms with Crippen molar-refractivity contribution in [1.82, 2.24) is 0 Å². The molecule has 5 N–H and O–H groups in total. The van der Waals surface area contributed by atoms with Crippen molar-refractivity contribution in [3.8, 4) is 11.5 Å². The second kappa shape index (κ2) is 5.54. The van der Waals surface area contributed by atoms with Crippen LogP contribution in [-0.2, 0) is 17.6 Å². The van der Waals surface area contributed by atoms with Crippen LogP contribution in [0.25, 0.3) is 0 Å². The molecule has 94 valence electrons. The molecule has 0 unspecified atom stereocenters. The maximum Gasteiger partial charge on any atom is 0.320 e. The number of hydrogen-bond donors (Lipinski definition) is 4. The summed E-state index contributed by atoms with van der Waals surface area (Å²) in [5.74, 6) is -1.46. The van der Waals surface area contributed by atoms with E-state index in [0.29, 0.717) is 17.5 Å². The molecule has 0 aliphatic carbocycles. The number of phenols is 2. The van der Waals surface area contributed by atoms with Gasteiger partial charge in [-0.2, -0.15) is 0 Å². The molecule has 1 aromatic rings. The van der Waals surface area contributed by atoms with Gasteiger partial charge in [0, 0.05) is 0 Å². The van der Waals surface area contributed by atoms with E-state index in [1.807, 2.05) is 6.92 Å². The third-order valence-electron chi connectivity index (χ3n) is 2.52. The van der Waals surface area contributed by atoms with Gasteiger partial charge in [-0.05, 0) is 30.0 Å². The lowest BCUT2D eigenvalue weighted by Gasteiger charge is -2.11. The topological polar surface area (TPSA) is 104 Å². The van der Waals surface area contributed by atoms with Gasteiger partial charge in [-0.1, -0.05) is 19.4 Å². The van der Waals surface area contributed by atoms with Crippen molar-refractivity contribution in [3.63, 3.8) is 0 Å². The summed E-state index contributed by atoms with van der Waals surface area (Å²) in [5.41, 5.74) is 6.64. The van der Waals surface area contributed by atoms with Crippen molar-refractivity contribution in [1.29, 1.82) is 0 Å². The van der Waals surface area contributed by atoms with E-state index < -0.39 is 12.0 Å². The summed E-state index contributed by atoms with van der Waals surface area (Å²) in [6.07, 6.45) is 1.57. The SMILES string of the molecule is CCCc1cc(C[C@H](N)C(=O)O)cc(O)c1O. The number of phenolic OH excluding ortho intramolecular Hbond substituents is 2. The molecule has 0 radical (unpaired) electrons. The van der Waals surface area contributed by atoms with Crippen LogP contribution in [0.3, 0.4) is 0 Å². The summed E-state index contributed by atoms with van der Waals surface area (Å²) in [7, 11) is 0. The fourth-order valence-corrected chi connectivity index (χ4v) is 1.66. The average Bonchev–Trinajstić information content (AvgIpc) is 2.25. The highest BCUT2D eigenvalue weighted by atomic mass is 16.4.